The van der Waals surface area contributed by atoms with Crippen molar-refractivity contribution in [3.63, 3.8) is 0 Å². The molecule has 4 aromatic heterocycles. The van der Waals surface area contributed by atoms with Crippen LogP contribution in [-0.2, 0) is 23.4 Å². The molecule has 7 rings (SSSR count). The summed E-state index contributed by atoms with van der Waals surface area (Å²) in [6.45, 7) is 0.640. The van der Waals surface area contributed by atoms with E-state index in [1.54, 1.807) is 17.7 Å². The Hall–Kier alpha value is -3.85. The van der Waals surface area contributed by atoms with Crippen molar-refractivity contribution in [1.82, 2.24) is 30.0 Å². The van der Waals surface area contributed by atoms with Gasteiger partial charge in [-0.15, -0.1) is 15.3 Å². The average molecular weight is 440 g/mol. The van der Waals surface area contributed by atoms with Gasteiger partial charge in [0.05, 0.1) is 5.69 Å². The number of fused-ring (bicyclic) bond motifs is 4. The summed E-state index contributed by atoms with van der Waals surface area (Å²) in [7, 11) is 1.60. The van der Waals surface area contributed by atoms with Crippen LogP contribution in [0.3, 0.4) is 0 Å². The molecule has 2 saturated carbocycles. The van der Waals surface area contributed by atoms with Crippen LogP contribution in [0.5, 0.6) is 5.88 Å². The summed E-state index contributed by atoms with van der Waals surface area (Å²) in [6, 6.07) is 13.9. The highest BCUT2D eigenvalue weighted by Crippen LogP contribution is 2.75. The van der Waals surface area contributed by atoms with E-state index in [0.29, 0.717) is 47.4 Å². The van der Waals surface area contributed by atoms with Crippen molar-refractivity contribution in [2.45, 2.75) is 31.5 Å². The average Bonchev–Trinajstić information content (AvgIpc) is 3.58. The topological polar surface area (TPSA) is 100 Å². The van der Waals surface area contributed by atoms with Crippen LogP contribution in [0.1, 0.15) is 29.9 Å². The largest absolute Gasteiger partial charge is 0.470 e. The second-order valence-electron chi connectivity index (χ2n) is 8.81. The minimum Gasteiger partial charge on any atom is -0.470 e. The highest BCUT2D eigenvalue weighted by Gasteiger charge is 2.70. The third-order valence-corrected chi connectivity index (χ3v) is 6.74. The normalized spacial score (nSPS) is 20.8. The maximum Gasteiger partial charge on any atom is 0.240 e. The molecule has 0 bridgehead atoms. The minimum atomic E-state index is 0.318. The van der Waals surface area contributed by atoms with Crippen molar-refractivity contribution in [2.24, 2.45) is 5.92 Å². The zero-order chi connectivity index (χ0) is 22.0. The minimum absolute atomic E-state index is 0.318. The molecular weight excluding hydrogens is 420 g/mol. The van der Waals surface area contributed by atoms with E-state index in [1.807, 2.05) is 30.5 Å². The smallest absolute Gasteiger partial charge is 0.240 e. The van der Waals surface area contributed by atoms with Crippen molar-refractivity contribution >= 4 is 16.4 Å². The molecule has 9 nitrogen and oxygen atoms in total. The molecule has 164 valence electrons. The van der Waals surface area contributed by atoms with Crippen molar-refractivity contribution in [1.29, 1.82) is 0 Å². The standard InChI is InChI=1S/C24H20N6O3/c1-31-13-17-8-20(29-33-17)22-27-26-21-18-4-2-3-5-19(18)23(28-30(21)22)32-12-16-7-6-14(11-25-16)24-9-15(24)10-24/h2-8,11,15H,9-10,12-13H2,1H3. The lowest BCUT2D eigenvalue weighted by molar-refractivity contribution is 0.156. The Kier molecular flexibility index (Phi) is 3.87. The van der Waals surface area contributed by atoms with Crippen molar-refractivity contribution in [2.75, 3.05) is 7.11 Å². The third-order valence-electron chi connectivity index (χ3n) is 6.74. The molecule has 0 saturated heterocycles. The summed E-state index contributed by atoms with van der Waals surface area (Å²) in [5, 5.41) is 19.2. The number of ether oxygens (including phenoxy) is 2. The van der Waals surface area contributed by atoms with Crippen molar-refractivity contribution < 1.29 is 14.0 Å². The van der Waals surface area contributed by atoms with Crippen LogP contribution >= 0.6 is 0 Å². The summed E-state index contributed by atoms with van der Waals surface area (Å²) in [4.78, 5) is 4.63. The van der Waals surface area contributed by atoms with Crippen molar-refractivity contribution in [3.8, 4) is 17.4 Å². The van der Waals surface area contributed by atoms with Crippen LogP contribution in [0.15, 0.2) is 53.2 Å². The number of rotatable bonds is 7. The molecule has 5 aromatic rings. The van der Waals surface area contributed by atoms with Crippen LogP contribution in [0.4, 0.5) is 0 Å². The Morgan fingerprint density at radius 1 is 1.09 bits per heavy atom. The number of pyridine rings is 1. The number of benzene rings is 1. The van der Waals surface area contributed by atoms with Crippen molar-refractivity contribution in [3.05, 3.63) is 65.7 Å². The van der Waals surface area contributed by atoms with Gasteiger partial charge in [-0.05, 0) is 36.5 Å². The summed E-state index contributed by atoms with van der Waals surface area (Å²) >= 11 is 0. The van der Waals surface area contributed by atoms with E-state index in [0.717, 1.165) is 22.4 Å². The second-order valence-corrected chi connectivity index (χ2v) is 8.81. The first-order valence-corrected chi connectivity index (χ1v) is 10.9. The SMILES string of the molecule is COCc1cc(-c2nnc3c4ccccc4c(OCc4ccc(C56CC5C6)cn4)nn23)no1. The highest BCUT2D eigenvalue weighted by atomic mass is 16.5. The van der Waals surface area contributed by atoms with Gasteiger partial charge in [0.15, 0.2) is 17.1 Å². The van der Waals surface area contributed by atoms with Gasteiger partial charge in [-0.1, -0.05) is 29.4 Å². The van der Waals surface area contributed by atoms with Gasteiger partial charge in [-0.2, -0.15) is 4.52 Å². The molecule has 33 heavy (non-hydrogen) atoms. The first-order chi connectivity index (χ1) is 16.2. The summed E-state index contributed by atoms with van der Waals surface area (Å²) < 4.78 is 18.2. The Morgan fingerprint density at radius 2 is 1.94 bits per heavy atom. The van der Waals surface area contributed by atoms with Crippen LogP contribution in [0, 0.1) is 5.92 Å². The fourth-order valence-corrected chi connectivity index (χ4v) is 4.57. The van der Waals surface area contributed by atoms with Gasteiger partial charge in [0.2, 0.25) is 11.7 Å². The molecule has 4 heterocycles. The van der Waals surface area contributed by atoms with Crippen LogP contribution in [-0.4, -0.2) is 37.1 Å². The predicted molar refractivity (Wildman–Crippen MR) is 117 cm³/mol. The lowest BCUT2D eigenvalue weighted by atomic mass is 10.1. The molecule has 0 N–H and O–H groups in total. The maximum absolute atomic E-state index is 6.16. The number of methoxy groups -OCH3 is 1. The van der Waals surface area contributed by atoms with E-state index in [1.165, 1.54) is 18.4 Å². The number of hydrogen-bond acceptors (Lipinski definition) is 8. The predicted octanol–water partition coefficient (Wildman–Crippen LogP) is 3.71. The summed E-state index contributed by atoms with van der Waals surface area (Å²) in [5.41, 5.74) is 3.83. The van der Waals surface area contributed by atoms with Crippen LogP contribution < -0.4 is 4.74 Å². The molecule has 2 aliphatic rings. The van der Waals surface area contributed by atoms with Crippen LogP contribution in [0.25, 0.3) is 27.9 Å². The number of aromatic nitrogens is 6. The summed E-state index contributed by atoms with van der Waals surface area (Å²) in [6.07, 6.45) is 4.64. The van der Waals surface area contributed by atoms with Gasteiger partial charge in [0, 0.05) is 35.6 Å². The van der Waals surface area contributed by atoms with E-state index in [9.17, 15) is 0 Å². The Bertz CT molecular complexity index is 1500. The molecule has 0 radical (unpaired) electrons. The number of hydrogen-bond donors (Lipinski definition) is 0. The highest BCUT2D eigenvalue weighted by molar-refractivity contribution is 5.96. The van der Waals surface area contributed by atoms with Gasteiger partial charge in [0.25, 0.3) is 0 Å². The van der Waals surface area contributed by atoms with Gasteiger partial charge < -0.3 is 14.0 Å². The second kappa shape index (κ2) is 6.82. The van der Waals surface area contributed by atoms with E-state index >= 15 is 0 Å². The quantitative estimate of drug-likeness (QED) is 0.378. The van der Waals surface area contributed by atoms with E-state index < -0.39 is 0 Å². The molecule has 0 spiro atoms. The fourth-order valence-electron chi connectivity index (χ4n) is 4.57. The summed E-state index contributed by atoms with van der Waals surface area (Å²) in [5.74, 6) is 2.45. The van der Waals surface area contributed by atoms with E-state index in [-0.39, 0.29) is 0 Å². The lowest BCUT2D eigenvalue weighted by Gasteiger charge is -2.10. The Labute approximate surface area is 188 Å². The van der Waals surface area contributed by atoms with E-state index in [4.69, 9.17) is 19.1 Å². The Morgan fingerprint density at radius 3 is 2.70 bits per heavy atom. The Balaban J connectivity index is 1.24. The maximum atomic E-state index is 6.16. The van der Waals surface area contributed by atoms with Crippen LogP contribution in [0.2, 0.25) is 0 Å². The van der Waals surface area contributed by atoms with Gasteiger partial charge >= 0.3 is 0 Å². The number of nitrogens with zero attached hydrogens (tertiary/aromatic N) is 6. The first-order valence-electron chi connectivity index (χ1n) is 10.9. The van der Waals surface area contributed by atoms with Gasteiger partial charge in [-0.3, -0.25) is 4.98 Å². The van der Waals surface area contributed by atoms with Gasteiger partial charge in [-0.25, -0.2) is 0 Å². The van der Waals surface area contributed by atoms with E-state index in [2.05, 4.69) is 32.5 Å². The third kappa shape index (κ3) is 2.92. The fraction of sp³-hybridized carbons (Fsp3) is 0.292. The lowest BCUT2D eigenvalue weighted by Crippen LogP contribution is -2.05. The molecule has 9 heteroatoms. The molecular formula is C24H20N6O3. The molecule has 0 aliphatic heterocycles. The first kappa shape index (κ1) is 18.7. The molecule has 1 aromatic carbocycles. The molecule has 0 amide bonds. The zero-order valence-electron chi connectivity index (χ0n) is 17.9. The monoisotopic (exact) mass is 440 g/mol. The molecule has 2 fully saturated rings. The molecule has 0 unspecified atom stereocenters. The molecule has 0 atom stereocenters. The molecule has 2 aliphatic carbocycles. The van der Waals surface area contributed by atoms with Gasteiger partial charge in [0.1, 0.15) is 13.2 Å². The zero-order valence-corrected chi connectivity index (χ0v) is 17.9.